The largest absolute Gasteiger partial charge is 0.435 e. The second kappa shape index (κ2) is 5.62. The van der Waals surface area contributed by atoms with E-state index in [0.29, 0.717) is 24.4 Å². The zero-order valence-corrected chi connectivity index (χ0v) is 13.6. The van der Waals surface area contributed by atoms with E-state index in [1.54, 1.807) is 0 Å². The highest BCUT2D eigenvalue weighted by Gasteiger charge is 2.39. The Hall–Kier alpha value is -1.82. The average Bonchev–Trinajstić information content (AvgIpc) is 3.14. The van der Waals surface area contributed by atoms with Crippen LogP contribution in [0, 0.1) is 0 Å². The standard InChI is InChI=1S/C18H20F3N3/c1-22-13-8-11-6-7-14(10-12(11)9-13)24-16-5-3-2-4-15(16)17(23-24)18(19,20)21/h6-7,10,13,22H,2-5,8-9H2,1H3. The first-order valence-corrected chi connectivity index (χ1v) is 8.45. The maximum atomic E-state index is 13.3. The number of nitrogens with zero attached hydrogens (tertiary/aromatic N) is 2. The maximum absolute atomic E-state index is 13.3. The SMILES string of the molecule is CNC1Cc2ccc(-n3nc(C(F)(F)F)c4c3CCCC4)cc2C1. The molecule has 1 heterocycles. The maximum Gasteiger partial charge on any atom is 0.435 e. The Morgan fingerprint density at radius 2 is 1.88 bits per heavy atom. The summed E-state index contributed by atoms with van der Waals surface area (Å²) >= 11 is 0. The summed E-state index contributed by atoms with van der Waals surface area (Å²) in [6, 6.07) is 6.35. The van der Waals surface area contributed by atoms with Gasteiger partial charge >= 0.3 is 6.18 Å². The number of hydrogen-bond donors (Lipinski definition) is 1. The van der Waals surface area contributed by atoms with Crippen molar-refractivity contribution in [3.05, 3.63) is 46.3 Å². The summed E-state index contributed by atoms with van der Waals surface area (Å²) in [6.45, 7) is 0. The summed E-state index contributed by atoms with van der Waals surface area (Å²) in [5, 5.41) is 7.25. The van der Waals surface area contributed by atoms with Crippen molar-refractivity contribution in [1.82, 2.24) is 15.1 Å². The Balaban J connectivity index is 1.79. The minimum Gasteiger partial charge on any atom is -0.316 e. The van der Waals surface area contributed by atoms with Gasteiger partial charge in [0.05, 0.1) is 5.69 Å². The van der Waals surface area contributed by atoms with E-state index in [2.05, 4.69) is 10.4 Å². The normalized spacial score (nSPS) is 20.1. The average molecular weight is 335 g/mol. The van der Waals surface area contributed by atoms with Gasteiger partial charge < -0.3 is 5.32 Å². The van der Waals surface area contributed by atoms with E-state index in [1.807, 2.05) is 25.2 Å². The van der Waals surface area contributed by atoms with Gasteiger partial charge in [0.1, 0.15) is 0 Å². The Kier molecular flexibility index (Phi) is 3.67. The predicted molar refractivity (Wildman–Crippen MR) is 85.5 cm³/mol. The first-order valence-electron chi connectivity index (χ1n) is 8.45. The van der Waals surface area contributed by atoms with Crippen molar-refractivity contribution >= 4 is 0 Å². The smallest absolute Gasteiger partial charge is 0.316 e. The number of hydrogen-bond acceptors (Lipinski definition) is 2. The molecule has 3 nitrogen and oxygen atoms in total. The second-order valence-electron chi connectivity index (χ2n) is 6.74. The fraction of sp³-hybridized carbons (Fsp3) is 0.500. The molecule has 1 N–H and O–H groups in total. The van der Waals surface area contributed by atoms with Crippen LogP contribution in [0.5, 0.6) is 0 Å². The molecule has 0 radical (unpaired) electrons. The molecule has 0 saturated carbocycles. The molecule has 0 aliphatic heterocycles. The van der Waals surface area contributed by atoms with Crippen molar-refractivity contribution in [2.24, 2.45) is 0 Å². The Bertz CT molecular complexity index is 777. The molecule has 6 heteroatoms. The van der Waals surface area contributed by atoms with Gasteiger partial charge in [0, 0.05) is 17.3 Å². The van der Waals surface area contributed by atoms with Crippen LogP contribution in [0.2, 0.25) is 0 Å². The van der Waals surface area contributed by atoms with Crippen molar-refractivity contribution in [3.8, 4) is 5.69 Å². The molecule has 128 valence electrons. The highest BCUT2D eigenvalue weighted by Crippen LogP contribution is 2.37. The number of rotatable bonds is 2. The van der Waals surface area contributed by atoms with Crippen LogP contribution in [0.15, 0.2) is 18.2 Å². The fourth-order valence-corrected chi connectivity index (χ4v) is 3.98. The minimum absolute atomic E-state index is 0.391. The van der Waals surface area contributed by atoms with Gasteiger partial charge in [-0.2, -0.15) is 18.3 Å². The number of alkyl halides is 3. The van der Waals surface area contributed by atoms with E-state index in [-0.39, 0.29) is 0 Å². The van der Waals surface area contributed by atoms with Crippen molar-refractivity contribution in [3.63, 3.8) is 0 Å². The van der Waals surface area contributed by atoms with E-state index < -0.39 is 11.9 Å². The zero-order chi connectivity index (χ0) is 16.9. The van der Waals surface area contributed by atoms with Crippen molar-refractivity contribution < 1.29 is 13.2 Å². The highest BCUT2D eigenvalue weighted by molar-refractivity contribution is 5.46. The van der Waals surface area contributed by atoms with Crippen LogP contribution in [0.4, 0.5) is 13.2 Å². The van der Waals surface area contributed by atoms with Crippen LogP contribution >= 0.6 is 0 Å². The Morgan fingerprint density at radius 3 is 2.62 bits per heavy atom. The van der Waals surface area contributed by atoms with E-state index in [1.165, 1.54) is 15.8 Å². The van der Waals surface area contributed by atoms with Gasteiger partial charge in [-0.25, -0.2) is 4.68 Å². The van der Waals surface area contributed by atoms with E-state index in [9.17, 15) is 13.2 Å². The predicted octanol–water partition coefficient (Wildman–Crippen LogP) is 3.46. The molecule has 2 aliphatic rings. The lowest BCUT2D eigenvalue weighted by molar-refractivity contribution is -0.142. The highest BCUT2D eigenvalue weighted by atomic mass is 19.4. The summed E-state index contributed by atoms with van der Waals surface area (Å²) in [6.07, 6.45) is 0.344. The van der Waals surface area contributed by atoms with Crippen LogP contribution < -0.4 is 5.32 Å². The van der Waals surface area contributed by atoms with Gasteiger partial charge in [0.15, 0.2) is 5.69 Å². The number of halogens is 3. The summed E-state index contributed by atoms with van der Waals surface area (Å²) in [7, 11) is 1.94. The van der Waals surface area contributed by atoms with Crippen LogP contribution in [0.25, 0.3) is 5.69 Å². The van der Waals surface area contributed by atoms with E-state index in [0.717, 1.165) is 37.1 Å². The topological polar surface area (TPSA) is 29.9 Å². The van der Waals surface area contributed by atoms with Crippen molar-refractivity contribution in [2.75, 3.05) is 7.05 Å². The first-order chi connectivity index (χ1) is 11.5. The van der Waals surface area contributed by atoms with Crippen molar-refractivity contribution in [1.29, 1.82) is 0 Å². The lowest BCUT2D eigenvalue weighted by Crippen LogP contribution is -2.24. The van der Waals surface area contributed by atoms with Gasteiger partial charge in [0.2, 0.25) is 0 Å². The molecule has 1 atom stereocenters. The van der Waals surface area contributed by atoms with Gasteiger partial charge in [-0.15, -0.1) is 0 Å². The van der Waals surface area contributed by atoms with Crippen LogP contribution in [0.3, 0.4) is 0 Å². The van der Waals surface area contributed by atoms with Gasteiger partial charge in [-0.1, -0.05) is 6.07 Å². The molecule has 1 unspecified atom stereocenters. The number of benzene rings is 1. The number of likely N-dealkylation sites (N-methyl/N-ethyl adjacent to an activating group) is 1. The molecule has 0 spiro atoms. The Morgan fingerprint density at radius 1 is 1.12 bits per heavy atom. The van der Waals surface area contributed by atoms with Gasteiger partial charge in [0.25, 0.3) is 0 Å². The van der Waals surface area contributed by atoms with E-state index in [4.69, 9.17) is 0 Å². The third kappa shape index (κ3) is 2.53. The zero-order valence-electron chi connectivity index (χ0n) is 13.6. The van der Waals surface area contributed by atoms with Gasteiger partial charge in [-0.3, -0.25) is 0 Å². The number of nitrogens with one attached hydrogen (secondary N) is 1. The molecule has 0 amide bonds. The second-order valence-corrected chi connectivity index (χ2v) is 6.74. The van der Waals surface area contributed by atoms with E-state index >= 15 is 0 Å². The molecule has 1 aromatic heterocycles. The molecule has 1 aromatic carbocycles. The third-order valence-electron chi connectivity index (χ3n) is 5.22. The minimum atomic E-state index is -4.39. The molecule has 0 saturated heterocycles. The lowest BCUT2D eigenvalue weighted by atomic mass is 9.95. The van der Waals surface area contributed by atoms with Crippen LogP contribution in [0.1, 0.15) is 40.9 Å². The first kappa shape index (κ1) is 15.7. The molecule has 2 aliphatic carbocycles. The number of fused-ring (bicyclic) bond motifs is 2. The molecular formula is C18H20F3N3. The Labute approximate surface area is 138 Å². The molecule has 2 aromatic rings. The molecule has 0 bridgehead atoms. The molecule has 0 fully saturated rings. The van der Waals surface area contributed by atoms with Gasteiger partial charge in [-0.05, 0) is 68.8 Å². The monoisotopic (exact) mass is 335 g/mol. The van der Waals surface area contributed by atoms with Crippen LogP contribution in [-0.2, 0) is 31.9 Å². The molecular weight excluding hydrogens is 315 g/mol. The quantitative estimate of drug-likeness (QED) is 0.911. The molecule has 24 heavy (non-hydrogen) atoms. The summed E-state index contributed by atoms with van der Waals surface area (Å²) < 4.78 is 41.5. The summed E-state index contributed by atoms with van der Waals surface area (Å²) in [5.74, 6) is 0. The summed E-state index contributed by atoms with van der Waals surface area (Å²) in [5.41, 5.74) is 3.65. The fourth-order valence-electron chi connectivity index (χ4n) is 3.98. The lowest BCUT2D eigenvalue weighted by Gasteiger charge is -2.15. The number of aromatic nitrogens is 2. The van der Waals surface area contributed by atoms with Crippen molar-refractivity contribution in [2.45, 2.75) is 50.7 Å². The van der Waals surface area contributed by atoms with Crippen LogP contribution in [-0.4, -0.2) is 22.9 Å². The molecule has 4 rings (SSSR count). The third-order valence-corrected chi connectivity index (χ3v) is 5.22. The summed E-state index contributed by atoms with van der Waals surface area (Å²) in [4.78, 5) is 0.